The SMILES string of the molecule is CCCCCc1ccc(C(=O)Oc2ccc(OCCCCCCOc3ccc(C=CC(=O)OC)cc3OC)cc2C(=O)OCCCCCCCCCCCOC(=O)C(C)(C)CC)cc1. The lowest BCUT2D eigenvalue weighted by Gasteiger charge is -2.20. The van der Waals surface area contributed by atoms with Crippen molar-refractivity contribution in [2.45, 2.75) is 143 Å². The molecule has 0 N–H and O–H groups in total. The maximum atomic E-state index is 13.5. The van der Waals surface area contributed by atoms with Gasteiger partial charge in [-0.1, -0.05) is 89.8 Å². The van der Waals surface area contributed by atoms with E-state index >= 15 is 0 Å². The Kier molecular flexibility index (Phi) is 25.4. The first-order valence-electron chi connectivity index (χ1n) is 23.5. The lowest BCUT2D eigenvalue weighted by atomic mass is 9.91. The van der Waals surface area contributed by atoms with Gasteiger partial charge in [-0.3, -0.25) is 4.79 Å². The zero-order valence-corrected chi connectivity index (χ0v) is 39.5. The third-order valence-corrected chi connectivity index (χ3v) is 11.2. The highest BCUT2D eigenvalue weighted by Gasteiger charge is 2.26. The number of ether oxygens (including phenoxy) is 7. The van der Waals surface area contributed by atoms with Crippen molar-refractivity contribution >= 4 is 30.0 Å². The summed E-state index contributed by atoms with van der Waals surface area (Å²) in [4.78, 5) is 50.2. The van der Waals surface area contributed by atoms with Crippen LogP contribution in [0.3, 0.4) is 0 Å². The second-order valence-electron chi connectivity index (χ2n) is 16.8. The summed E-state index contributed by atoms with van der Waals surface area (Å²) in [5, 5.41) is 0. The summed E-state index contributed by atoms with van der Waals surface area (Å²) < 4.78 is 39.0. The van der Waals surface area contributed by atoms with Gasteiger partial charge in [-0.2, -0.15) is 0 Å². The zero-order valence-electron chi connectivity index (χ0n) is 39.5. The normalized spacial score (nSPS) is 11.3. The smallest absolute Gasteiger partial charge is 0.343 e. The number of aryl methyl sites for hydroxylation is 1. The molecule has 352 valence electrons. The van der Waals surface area contributed by atoms with Gasteiger partial charge in [-0.05, 0) is 131 Å². The highest BCUT2D eigenvalue weighted by molar-refractivity contribution is 5.96. The molecule has 0 amide bonds. The molecule has 64 heavy (non-hydrogen) atoms. The minimum atomic E-state index is -0.563. The summed E-state index contributed by atoms with van der Waals surface area (Å²) in [5.41, 5.74) is 2.09. The monoisotopic (exact) mass is 887 g/mol. The number of unbranched alkanes of at least 4 members (excludes halogenated alkanes) is 13. The molecule has 3 rings (SSSR count). The fraction of sp³-hybridized carbons (Fsp3) is 0.547. The van der Waals surface area contributed by atoms with Crippen LogP contribution in [0.4, 0.5) is 0 Å². The number of hydrogen-bond donors (Lipinski definition) is 0. The van der Waals surface area contributed by atoms with Crippen molar-refractivity contribution in [3.63, 3.8) is 0 Å². The molecule has 0 saturated heterocycles. The minimum Gasteiger partial charge on any atom is -0.494 e. The predicted octanol–water partition coefficient (Wildman–Crippen LogP) is 12.5. The first-order chi connectivity index (χ1) is 31.0. The largest absolute Gasteiger partial charge is 0.494 e. The first kappa shape index (κ1) is 53.0. The second kappa shape index (κ2) is 30.7. The van der Waals surface area contributed by atoms with Crippen molar-refractivity contribution in [1.82, 2.24) is 0 Å². The number of rotatable bonds is 33. The number of methoxy groups -OCH3 is 2. The number of hydrogen-bond acceptors (Lipinski definition) is 11. The topological polar surface area (TPSA) is 133 Å². The summed E-state index contributed by atoms with van der Waals surface area (Å²) in [5.74, 6) is 0.168. The number of carbonyl (C=O) groups is 4. The Morgan fingerprint density at radius 1 is 0.578 bits per heavy atom. The Hall–Kier alpha value is -5.32. The number of esters is 4. The Balaban J connectivity index is 1.44. The van der Waals surface area contributed by atoms with Gasteiger partial charge in [-0.25, -0.2) is 14.4 Å². The molecule has 11 heteroatoms. The van der Waals surface area contributed by atoms with Gasteiger partial charge in [0, 0.05) is 6.08 Å². The van der Waals surface area contributed by atoms with Crippen LogP contribution in [-0.2, 0) is 30.2 Å². The maximum Gasteiger partial charge on any atom is 0.343 e. The fourth-order valence-electron chi connectivity index (χ4n) is 6.65. The summed E-state index contributed by atoms with van der Waals surface area (Å²) in [6, 6.07) is 17.8. The molecular formula is C53H74O11. The Labute approximate surface area is 382 Å². The second-order valence-corrected chi connectivity index (χ2v) is 16.8. The lowest BCUT2D eigenvalue weighted by molar-refractivity contribution is -0.154. The van der Waals surface area contributed by atoms with Crippen LogP contribution in [0.5, 0.6) is 23.0 Å². The highest BCUT2D eigenvalue weighted by atomic mass is 16.6. The molecule has 0 heterocycles. The standard InChI is InChI=1S/C53H74O11/c1-7-9-19-24-41-25-29-43(30-26-41)50(55)64-46-33-31-44(60-35-20-17-18-21-36-61-47-32-27-42(39-48(47)58-5)28-34-49(54)59-6)40-45(46)51(56)62-37-22-15-13-11-10-12-14-16-23-38-63-52(57)53(3,4)8-2/h25-34,39-40H,7-24,35-38H2,1-6H3. The van der Waals surface area contributed by atoms with Crippen molar-refractivity contribution in [1.29, 1.82) is 0 Å². The van der Waals surface area contributed by atoms with E-state index in [1.807, 2.05) is 45.0 Å². The van der Waals surface area contributed by atoms with E-state index in [4.69, 9.17) is 28.4 Å². The van der Waals surface area contributed by atoms with E-state index in [9.17, 15) is 19.2 Å². The van der Waals surface area contributed by atoms with Crippen LogP contribution in [0.15, 0.2) is 66.7 Å². The number of carbonyl (C=O) groups excluding carboxylic acids is 4. The van der Waals surface area contributed by atoms with Crippen LogP contribution in [0, 0.1) is 5.41 Å². The summed E-state index contributed by atoms with van der Waals surface area (Å²) in [6.07, 6.45) is 20.8. The van der Waals surface area contributed by atoms with Gasteiger partial charge in [-0.15, -0.1) is 0 Å². The molecule has 0 saturated carbocycles. The molecule has 0 spiro atoms. The zero-order chi connectivity index (χ0) is 46.4. The molecular weight excluding hydrogens is 813 g/mol. The molecule has 0 unspecified atom stereocenters. The van der Waals surface area contributed by atoms with E-state index in [2.05, 4.69) is 11.7 Å². The van der Waals surface area contributed by atoms with Gasteiger partial charge in [0.1, 0.15) is 17.1 Å². The number of benzene rings is 3. The third-order valence-electron chi connectivity index (χ3n) is 11.2. The van der Waals surface area contributed by atoms with Gasteiger partial charge < -0.3 is 33.2 Å². The molecule has 0 aliphatic carbocycles. The van der Waals surface area contributed by atoms with E-state index in [0.717, 1.165) is 121 Å². The molecule has 0 aliphatic heterocycles. The van der Waals surface area contributed by atoms with Crippen LogP contribution >= 0.6 is 0 Å². The molecule has 0 aromatic heterocycles. The van der Waals surface area contributed by atoms with Gasteiger partial charge in [0.15, 0.2) is 11.5 Å². The molecule has 11 nitrogen and oxygen atoms in total. The van der Waals surface area contributed by atoms with Crippen molar-refractivity contribution in [3.05, 3.63) is 89.0 Å². The third kappa shape index (κ3) is 20.5. The van der Waals surface area contributed by atoms with Crippen LogP contribution in [0.2, 0.25) is 0 Å². The Bertz CT molecular complexity index is 1860. The van der Waals surface area contributed by atoms with E-state index < -0.39 is 23.3 Å². The average Bonchev–Trinajstić information content (AvgIpc) is 3.31. The fourth-order valence-corrected chi connectivity index (χ4v) is 6.65. The van der Waals surface area contributed by atoms with Crippen molar-refractivity contribution in [2.24, 2.45) is 5.41 Å². The van der Waals surface area contributed by atoms with E-state index in [1.165, 1.54) is 18.7 Å². The summed E-state index contributed by atoms with van der Waals surface area (Å²) in [6.45, 7) is 9.73. The Morgan fingerprint density at radius 3 is 1.78 bits per heavy atom. The predicted molar refractivity (Wildman–Crippen MR) is 251 cm³/mol. The van der Waals surface area contributed by atoms with Crippen molar-refractivity contribution in [2.75, 3.05) is 40.6 Å². The van der Waals surface area contributed by atoms with Crippen LogP contribution in [0.1, 0.15) is 169 Å². The van der Waals surface area contributed by atoms with Crippen molar-refractivity contribution < 1.29 is 52.3 Å². The molecule has 0 bridgehead atoms. The summed E-state index contributed by atoms with van der Waals surface area (Å²) in [7, 11) is 2.91. The van der Waals surface area contributed by atoms with Crippen LogP contribution in [-0.4, -0.2) is 64.5 Å². The minimum absolute atomic E-state index is 0.115. The maximum absolute atomic E-state index is 13.5. The molecule has 0 radical (unpaired) electrons. The summed E-state index contributed by atoms with van der Waals surface area (Å²) >= 11 is 0. The van der Waals surface area contributed by atoms with Crippen LogP contribution < -0.4 is 18.9 Å². The lowest BCUT2D eigenvalue weighted by Crippen LogP contribution is -2.26. The molecule has 0 atom stereocenters. The van der Waals surface area contributed by atoms with Crippen molar-refractivity contribution in [3.8, 4) is 23.0 Å². The van der Waals surface area contributed by atoms with Gasteiger partial charge >= 0.3 is 23.9 Å². The van der Waals surface area contributed by atoms with Gasteiger partial charge in [0.25, 0.3) is 0 Å². The van der Waals surface area contributed by atoms with Crippen LogP contribution in [0.25, 0.3) is 6.08 Å². The van der Waals surface area contributed by atoms with E-state index in [1.54, 1.807) is 49.6 Å². The van der Waals surface area contributed by atoms with Gasteiger partial charge in [0.05, 0.1) is 51.6 Å². The average molecular weight is 887 g/mol. The molecule has 3 aromatic rings. The van der Waals surface area contributed by atoms with E-state index in [0.29, 0.717) is 42.6 Å². The Morgan fingerprint density at radius 2 is 1.17 bits per heavy atom. The van der Waals surface area contributed by atoms with Gasteiger partial charge in [0.2, 0.25) is 0 Å². The quantitative estimate of drug-likeness (QED) is 0.0190. The van der Waals surface area contributed by atoms with E-state index in [-0.39, 0.29) is 23.9 Å². The molecule has 0 fully saturated rings. The highest BCUT2D eigenvalue weighted by Crippen LogP contribution is 2.30. The molecule has 3 aromatic carbocycles. The molecule has 0 aliphatic rings. The first-order valence-corrected chi connectivity index (χ1v) is 23.5.